The van der Waals surface area contributed by atoms with Gasteiger partial charge in [-0.15, -0.1) is 0 Å². The van der Waals surface area contributed by atoms with Crippen LogP contribution >= 0.6 is 0 Å². The SMILES string of the molecule is O=C(Nc1ccccc1C(F)(F)F)C1CC(c2ccc(F)cc2)NN1. The van der Waals surface area contributed by atoms with Crippen LogP contribution in [0.1, 0.15) is 23.6 Å². The Hall–Kier alpha value is -2.45. The smallest absolute Gasteiger partial charge is 0.324 e. The molecule has 0 radical (unpaired) electrons. The molecular formula is C17H15F4N3O. The summed E-state index contributed by atoms with van der Waals surface area (Å²) in [5, 5.41) is 2.32. The fourth-order valence-corrected chi connectivity index (χ4v) is 2.70. The summed E-state index contributed by atoms with van der Waals surface area (Å²) in [7, 11) is 0. The molecule has 1 saturated heterocycles. The number of hydrazine groups is 1. The molecule has 1 aliphatic heterocycles. The lowest BCUT2D eigenvalue weighted by Crippen LogP contribution is -2.39. The summed E-state index contributed by atoms with van der Waals surface area (Å²) < 4.78 is 51.9. The highest BCUT2D eigenvalue weighted by molar-refractivity contribution is 5.95. The summed E-state index contributed by atoms with van der Waals surface area (Å²) in [4.78, 5) is 12.3. The van der Waals surface area contributed by atoms with Gasteiger partial charge in [-0.3, -0.25) is 4.79 Å². The molecule has 0 spiro atoms. The zero-order valence-electron chi connectivity index (χ0n) is 12.9. The molecule has 0 aliphatic carbocycles. The quantitative estimate of drug-likeness (QED) is 0.742. The monoisotopic (exact) mass is 353 g/mol. The normalized spacial score (nSPS) is 20.5. The third kappa shape index (κ3) is 3.97. The van der Waals surface area contributed by atoms with Crippen LogP contribution in [0.3, 0.4) is 0 Å². The summed E-state index contributed by atoms with van der Waals surface area (Å²) in [5.74, 6) is -0.943. The van der Waals surface area contributed by atoms with Crippen molar-refractivity contribution in [3.05, 3.63) is 65.5 Å². The van der Waals surface area contributed by atoms with Crippen molar-refractivity contribution in [1.29, 1.82) is 0 Å². The fourth-order valence-electron chi connectivity index (χ4n) is 2.70. The Balaban J connectivity index is 1.68. The minimum Gasteiger partial charge on any atom is -0.324 e. The number of anilines is 1. The maximum absolute atomic E-state index is 13.0. The second-order valence-electron chi connectivity index (χ2n) is 5.71. The summed E-state index contributed by atoms with van der Waals surface area (Å²) in [6.07, 6.45) is -4.23. The van der Waals surface area contributed by atoms with Crippen LogP contribution in [-0.2, 0) is 11.0 Å². The van der Waals surface area contributed by atoms with E-state index in [1.165, 1.54) is 30.3 Å². The van der Waals surface area contributed by atoms with Gasteiger partial charge in [0.1, 0.15) is 11.9 Å². The Morgan fingerprint density at radius 2 is 1.72 bits per heavy atom. The van der Waals surface area contributed by atoms with Crippen LogP contribution in [0.15, 0.2) is 48.5 Å². The van der Waals surface area contributed by atoms with Crippen LogP contribution in [0, 0.1) is 5.82 Å². The number of amides is 1. The third-order valence-corrected chi connectivity index (χ3v) is 3.98. The number of para-hydroxylation sites is 1. The minimum absolute atomic E-state index is 0.241. The van der Waals surface area contributed by atoms with E-state index in [1.54, 1.807) is 12.1 Å². The van der Waals surface area contributed by atoms with E-state index >= 15 is 0 Å². The van der Waals surface area contributed by atoms with Crippen LogP contribution in [0.2, 0.25) is 0 Å². The molecule has 4 nitrogen and oxygen atoms in total. The maximum atomic E-state index is 13.0. The van der Waals surface area contributed by atoms with Gasteiger partial charge in [0.15, 0.2) is 0 Å². The van der Waals surface area contributed by atoms with E-state index in [9.17, 15) is 22.4 Å². The molecule has 2 aromatic rings. The first kappa shape index (κ1) is 17.4. The number of nitrogens with one attached hydrogen (secondary N) is 3. The highest BCUT2D eigenvalue weighted by Crippen LogP contribution is 2.34. The Morgan fingerprint density at radius 3 is 2.40 bits per heavy atom. The summed E-state index contributed by atoms with van der Waals surface area (Å²) in [6.45, 7) is 0. The summed E-state index contributed by atoms with van der Waals surface area (Å²) >= 11 is 0. The molecule has 0 saturated carbocycles. The van der Waals surface area contributed by atoms with Crippen molar-refractivity contribution in [3.63, 3.8) is 0 Å². The highest BCUT2D eigenvalue weighted by Gasteiger charge is 2.35. The molecule has 1 fully saturated rings. The Labute approximate surface area is 141 Å². The zero-order chi connectivity index (χ0) is 18.0. The topological polar surface area (TPSA) is 53.2 Å². The first-order valence-electron chi connectivity index (χ1n) is 7.58. The zero-order valence-corrected chi connectivity index (χ0v) is 12.9. The van der Waals surface area contributed by atoms with Gasteiger partial charge >= 0.3 is 6.18 Å². The van der Waals surface area contributed by atoms with Gasteiger partial charge in [-0.25, -0.2) is 15.2 Å². The maximum Gasteiger partial charge on any atom is 0.418 e. The van der Waals surface area contributed by atoms with E-state index in [0.29, 0.717) is 6.42 Å². The minimum atomic E-state index is -4.55. The molecule has 3 N–H and O–H groups in total. The average Bonchev–Trinajstić information content (AvgIpc) is 3.05. The van der Waals surface area contributed by atoms with E-state index in [-0.39, 0.29) is 17.5 Å². The number of rotatable bonds is 3. The predicted molar refractivity (Wildman–Crippen MR) is 83.9 cm³/mol. The Kier molecular flexibility index (Phi) is 4.73. The number of carbonyl (C=O) groups is 1. The molecule has 1 amide bonds. The Morgan fingerprint density at radius 1 is 1.04 bits per heavy atom. The van der Waals surface area contributed by atoms with E-state index < -0.39 is 23.7 Å². The van der Waals surface area contributed by atoms with Crippen molar-refractivity contribution >= 4 is 11.6 Å². The molecule has 0 bridgehead atoms. The molecule has 0 aromatic heterocycles. The molecule has 8 heteroatoms. The van der Waals surface area contributed by atoms with Crippen LogP contribution in [0.5, 0.6) is 0 Å². The van der Waals surface area contributed by atoms with E-state index in [0.717, 1.165) is 11.6 Å². The second-order valence-corrected chi connectivity index (χ2v) is 5.71. The van der Waals surface area contributed by atoms with Crippen molar-refractivity contribution in [1.82, 2.24) is 10.9 Å². The van der Waals surface area contributed by atoms with Crippen molar-refractivity contribution < 1.29 is 22.4 Å². The van der Waals surface area contributed by atoms with Crippen molar-refractivity contribution in [2.24, 2.45) is 0 Å². The van der Waals surface area contributed by atoms with Crippen LogP contribution in [0.25, 0.3) is 0 Å². The van der Waals surface area contributed by atoms with Gasteiger partial charge in [0.25, 0.3) is 0 Å². The molecule has 132 valence electrons. The first-order chi connectivity index (χ1) is 11.8. The van der Waals surface area contributed by atoms with E-state index in [1.807, 2.05) is 0 Å². The lowest BCUT2D eigenvalue weighted by Gasteiger charge is -2.15. The fraction of sp³-hybridized carbons (Fsp3) is 0.235. The first-order valence-corrected chi connectivity index (χ1v) is 7.58. The molecule has 3 rings (SSSR count). The van der Waals surface area contributed by atoms with Gasteiger partial charge in [0.05, 0.1) is 11.3 Å². The van der Waals surface area contributed by atoms with E-state index in [4.69, 9.17) is 0 Å². The molecule has 2 aromatic carbocycles. The highest BCUT2D eigenvalue weighted by atomic mass is 19.4. The number of halogens is 4. The summed E-state index contributed by atoms with van der Waals surface area (Å²) in [6, 6.07) is 9.66. The lowest BCUT2D eigenvalue weighted by atomic mass is 10.0. The summed E-state index contributed by atoms with van der Waals surface area (Å²) in [5.41, 5.74) is 5.25. The molecule has 2 unspecified atom stereocenters. The van der Waals surface area contributed by atoms with Crippen molar-refractivity contribution in [3.8, 4) is 0 Å². The largest absolute Gasteiger partial charge is 0.418 e. The lowest BCUT2D eigenvalue weighted by molar-refractivity contribution is -0.137. The number of hydrogen-bond donors (Lipinski definition) is 3. The number of alkyl halides is 3. The van der Waals surface area contributed by atoms with Gasteiger partial charge in [-0.2, -0.15) is 13.2 Å². The van der Waals surface area contributed by atoms with Gasteiger partial charge in [-0.05, 0) is 36.2 Å². The van der Waals surface area contributed by atoms with E-state index in [2.05, 4.69) is 16.2 Å². The standard InChI is InChI=1S/C17H15F4N3O/c18-11-7-5-10(6-8-11)14-9-15(24-23-14)16(25)22-13-4-2-1-3-12(13)17(19,20)21/h1-8,14-15,23-24H,9H2,(H,22,25). The van der Waals surface area contributed by atoms with Crippen LogP contribution in [0.4, 0.5) is 23.2 Å². The van der Waals surface area contributed by atoms with Crippen LogP contribution < -0.4 is 16.2 Å². The third-order valence-electron chi connectivity index (χ3n) is 3.98. The second kappa shape index (κ2) is 6.81. The predicted octanol–water partition coefficient (Wildman–Crippen LogP) is 3.39. The van der Waals surface area contributed by atoms with Gasteiger partial charge < -0.3 is 5.32 Å². The molecule has 1 heterocycles. The van der Waals surface area contributed by atoms with Gasteiger partial charge in [0.2, 0.25) is 5.91 Å². The number of carbonyl (C=O) groups excluding carboxylic acids is 1. The van der Waals surface area contributed by atoms with Gasteiger partial charge in [-0.1, -0.05) is 24.3 Å². The van der Waals surface area contributed by atoms with Crippen LogP contribution in [-0.4, -0.2) is 11.9 Å². The number of benzene rings is 2. The molecule has 25 heavy (non-hydrogen) atoms. The van der Waals surface area contributed by atoms with Crippen molar-refractivity contribution in [2.75, 3.05) is 5.32 Å². The molecular weight excluding hydrogens is 338 g/mol. The number of hydrogen-bond acceptors (Lipinski definition) is 3. The molecule has 1 aliphatic rings. The van der Waals surface area contributed by atoms with Crippen molar-refractivity contribution in [2.45, 2.75) is 24.7 Å². The average molecular weight is 353 g/mol. The van der Waals surface area contributed by atoms with Gasteiger partial charge in [0, 0.05) is 6.04 Å². The Bertz CT molecular complexity index is 761. The molecule has 2 atom stereocenters.